The second kappa shape index (κ2) is 8.37. The lowest BCUT2D eigenvalue weighted by molar-refractivity contribution is 0.0704. The van der Waals surface area contributed by atoms with Crippen LogP contribution in [-0.4, -0.2) is 50.6 Å². The molecule has 5 rings (SSSR count). The van der Waals surface area contributed by atoms with Crippen molar-refractivity contribution in [3.05, 3.63) is 78.3 Å². The number of pyridine rings is 2. The molecule has 0 unspecified atom stereocenters. The lowest BCUT2D eigenvalue weighted by atomic mass is 9.97. The molecule has 0 N–H and O–H groups in total. The van der Waals surface area contributed by atoms with Gasteiger partial charge in [0.05, 0.1) is 7.11 Å². The third-order valence-electron chi connectivity index (χ3n) is 5.82. The summed E-state index contributed by atoms with van der Waals surface area (Å²) < 4.78 is 20.9. The number of rotatable bonds is 4. The van der Waals surface area contributed by atoms with E-state index in [-0.39, 0.29) is 17.6 Å². The van der Waals surface area contributed by atoms with E-state index in [2.05, 4.69) is 4.98 Å². The zero-order valence-corrected chi connectivity index (χ0v) is 17.6. The van der Waals surface area contributed by atoms with Gasteiger partial charge in [0.15, 0.2) is 11.5 Å². The van der Waals surface area contributed by atoms with Crippen LogP contribution in [0.25, 0.3) is 16.8 Å². The number of hydrogen-bond donors (Lipinski definition) is 0. The maximum atomic E-state index is 13.8. The monoisotopic (exact) mass is 431 g/mol. The Morgan fingerprint density at radius 2 is 2.00 bits per heavy atom. The standard InChI is InChI=1S/C24H22FN5O2/c1-32-21-6-5-19(25)13-20(21)17-4-7-22-27-23(28-30(22)15-17)18-3-2-12-29(14-18)24(31)16-8-10-26-11-9-16/h4-11,13,15,18H,2-3,12,14H2,1H3/t18-/m0/s1. The predicted octanol–water partition coefficient (Wildman–Crippen LogP) is 3.96. The summed E-state index contributed by atoms with van der Waals surface area (Å²) in [5, 5.41) is 4.69. The number of halogens is 1. The van der Waals surface area contributed by atoms with Gasteiger partial charge in [0.2, 0.25) is 0 Å². The van der Waals surface area contributed by atoms with Crippen LogP contribution in [0.2, 0.25) is 0 Å². The van der Waals surface area contributed by atoms with Gasteiger partial charge in [0.25, 0.3) is 5.91 Å². The van der Waals surface area contributed by atoms with Crippen LogP contribution in [0, 0.1) is 5.82 Å². The fourth-order valence-corrected chi connectivity index (χ4v) is 4.19. The topological polar surface area (TPSA) is 72.6 Å². The molecule has 8 heteroatoms. The summed E-state index contributed by atoms with van der Waals surface area (Å²) in [4.78, 5) is 23.4. The number of carbonyl (C=O) groups excluding carboxylic acids is 1. The van der Waals surface area contributed by atoms with Gasteiger partial charge < -0.3 is 9.64 Å². The van der Waals surface area contributed by atoms with E-state index in [1.54, 1.807) is 42.2 Å². The van der Waals surface area contributed by atoms with Crippen molar-refractivity contribution in [2.45, 2.75) is 18.8 Å². The number of methoxy groups -OCH3 is 1. The number of ether oxygens (including phenoxy) is 1. The number of aromatic nitrogens is 4. The largest absolute Gasteiger partial charge is 0.496 e. The van der Waals surface area contributed by atoms with Gasteiger partial charge in [-0.15, -0.1) is 0 Å². The highest BCUT2D eigenvalue weighted by Gasteiger charge is 2.28. The fourth-order valence-electron chi connectivity index (χ4n) is 4.19. The van der Waals surface area contributed by atoms with Gasteiger partial charge in [-0.3, -0.25) is 9.78 Å². The normalized spacial score (nSPS) is 16.3. The number of likely N-dealkylation sites (tertiary alicyclic amines) is 1. The number of fused-ring (bicyclic) bond motifs is 1. The van der Waals surface area contributed by atoms with E-state index in [1.165, 1.54) is 12.1 Å². The molecule has 32 heavy (non-hydrogen) atoms. The van der Waals surface area contributed by atoms with Gasteiger partial charge in [-0.25, -0.2) is 13.9 Å². The summed E-state index contributed by atoms with van der Waals surface area (Å²) in [6.07, 6.45) is 6.89. The highest BCUT2D eigenvalue weighted by molar-refractivity contribution is 5.94. The quantitative estimate of drug-likeness (QED) is 0.489. The van der Waals surface area contributed by atoms with Crippen molar-refractivity contribution in [2.75, 3.05) is 20.2 Å². The molecule has 1 aromatic carbocycles. The highest BCUT2D eigenvalue weighted by Crippen LogP contribution is 2.31. The molecule has 4 heterocycles. The van der Waals surface area contributed by atoms with E-state index in [0.29, 0.717) is 41.4 Å². The molecule has 0 aliphatic carbocycles. The predicted molar refractivity (Wildman–Crippen MR) is 117 cm³/mol. The molecule has 0 bridgehead atoms. The number of amides is 1. The number of hydrogen-bond acceptors (Lipinski definition) is 5. The third kappa shape index (κ3) is 3.79. The molecule has 1 saturated heterocycles. The van der Waals surface area contributed by atoms with Gasteiger partial charge in [-0.2, -0.15) is 5.10 Å². The summed E-state index contributed by atoms with van der Waals surface area (Å²) in [5.74, 6) is 1.02. The van der Waals surface area contributed by atoms with Crippen LogP contribution >= 0.6 is 0 Å². The average Bonchev–Trinajstić information content (AvgIpc) is 3.28. The van der Waals surface area contributed by atoms with Crippen molar-refractivity contribution in [3.8, 4) is 16.9 Å². The van der Waals surface area contributed by atoms with E-state index < -0.39 is 0 Å². The first-order chi connectivity index (χ1) is 15.6. The third-order valence-corrected chi connectivity index (χ3v) is 5.82. The Morgan fingerprint density at radius 1 is 1.16 bits per heavy atom. The average molecular weight is 431 g/mol. The number of carbonyl (C=O) groups is 1. The highest BCUT2D eigenvalue weighted by atomic mass is 19.1. The molecule has 0 spiro atoms. The van der Waals surface area contributed by atoms with Crippen molar-refractivity contribution in [1.82, 2.24) is 24.5 Å². The van der Waals surface area contributed by atoms with Crippen LogP contribution < -0.4 is 4.74 Å². The van der Waals surface area contributed by atoms with Crippen molar-refractivity contribution in [3.63, 3.8) is 0 Å². The van der Waals surface area contributed by atoms with Crippen LogP contribution in [-0.2, 0) is 0 Å². The first-order valence-corrected chi connectivity index (χ1v) is 10.5. The van der Waals surface area contributed by atoms with Crippen molar-refractivity contribution < 1.29 is 13.9 Å². The van der Waals surface area contributed by atoms with Gasteiger partial charge in [0.1, 0.15) is 11.6 Å². The molecular weight excluding hydrogens is 409 g/mol. The summed E-state index contributed by atoms with van der Waals surface area (Å²) >= 11 is 0. The zero-order valence-electron chi connectivity index (χ0n) is 17.6. The first-order valence-electron chi connectivity index (χ1n) is 10.5. The Kier molecular flexibility index (Phi) is 5.26. The molecule has 3 aromatic heterocycles. The lowest BCUT2D eigenvalue weighted by Gasteiger charge is -2.31. The lowest BCUT2D eigenvalue weighted by Crippen LogP contribution is -2.39. The molecule has 1 aliphatic rings. The molecule has 1 atom stereocenters. The second-order valence-corrected chi connectivity index (χ2v) is 7.86. The maximum absolute atomic E-state index is 13.8. The molecule has 7 nitrogen and oxygen atoms in total. The van der Waals surface area contributed by atoms with Gasteiger partial charge in [-0.1, -0.05) is 0 Å². The second-order valence-electron chi connectivity index (χ2n) is 7.86. The summed E-state index contributed by atoms with van der Waals surface area (Å²) in [5.41, 5.74) is 2.77. The van der Waals surface area contributed by atoms with E-state index in [0.717, 1.165) is 18.4 Å². The Morgan fingerprint density at radius 3 is 2.81 bits per heavy atom. The summed E-state index contributed by atoms with van der Waals surface area (Å²) in [6, 6.07) is 11.6. The minimum Gasteiger partial charge on any atom is -0.496 e. The van der Waals surface area contributed by atoms with E-state index in [9.17, 15) is 9.18 Å². The number of nitrogens with zero attached hydrogens (tertiary/aromatic N) is 5. The van der Waals surface area contributed by atoms with Crippen LogP contribution in [0.15, 0.2) is 61.1 Å². The molecule has 1 fully saturated rings. The Bertz CT molecular complexity index is 1270. The Labute approximate surface area is 184 Å². The van der Waals surface area contributed by atoms with Crippen molar-refractivity contribution in [1.29, 1.82) is 0 Å². The van der Waals surface area contributed by atoms with Crippen LogP contribution in [0.1, 0.15) is 34.9 Å². The fraction of sp³-hybridized carbons (Fsp3) is 0.250. The zero-order chi connectivity index (χ0) is 22.1. The van der Waals surface area contributed by atoms with Gasteiger partial charge in [-0.05, 0) is 55.3 Å². The molecule has 1 amide bonds. The molecule has 162 valence electrons. The maximum Gasteiger partial charge on any atom is 0.253 e. The van der Waals surface area contributed by atoms with Crippen molar-refractivity contribution in [2.24, 2.45) is 0 Å². The Balaban J connectivity index is 1.42. The van der Waals surface area contributed by atoms with Crippen LogP contribution in [0.3, 0.4) is 0 Å². The van der Waals surface area contributed by atoms with Crippen molar-refractivity contribution >= 4 is 11.6 Å². The molecule has 4 aromatic rings. The first kappa shape index (κ1) is 20.1. The van der Waals surface area contributed by atoms with E-state index in [1.807, 2.05) is 23.2 Å². The van der Waals surface area contributed by atoms with E-state index in [4.69, 9.17) is 14.8 Å². The molecule has 0 radical (unpaired) electrons. The Hall–Kier alpha value is -3.81. The molecule has 1 aliphatic heterocycles. The smallest absolute Gasteiger partial charge is 0.253 e. The van der Waals surface area contributed by atoms with E-state index >= 15 is 0 Å². The van der Waals surface area contributed by atoms with Crippen LogP contribution in [0.5, 0.6) is 5.75 Å². The summed E-state index contributed by atoms with van der Waals surface area (Å²) in [7, 11) is 1.56. The van der Waals surface area contributed by atoms with Crippen LogP contribution in [0.4, 0.5) is 4.39 Å². The summed E-state index contributed by atoms with van der Waals surface area (Å²) in [6.45, 7) is 1.29. The molecular formula is C24H22FN5O2. The number of piperidine rings is 1. The van der Waals surface area contributed by atoms with Gasteiger partial charge in [0, 0.05) is 54.3 Å². The minimum atomic E-state index is -0.332. The molecule has 0 saturated carbocycles. The SMILES string of the molecule is COc1ccc(F)cc1-c1ccc2nc([C@H]3CCCN(C(=O)c4ccncc4)C3)nn2c1. The minimum absolute atomic E-state index is 0.00125. The van der Waals surface area contributed by atoms with Gasteiger partial charge >= 0.3 is 0 Å². The number of benzene rings is 1.